The predicted molar refractivity (Wildman–Crippen MR) is 82.1 cm³/mol. The second-order valence-corrected chi connectivity index (χ2v) is 6.81. The van der Waals surface area contributed by atoms with Crippen LogP contribution in [0.5, 0.6) is 0 Å². The first-order valence-electron chi connectivity index (χ1n) is 7.13. The monoisotopic (exact) mass is 263 g/mol. The average Bonchev–Trinajstić information content (AvgIpc) is 2.41. The molecule has 18 heavy (non-hydrogen) atoms. The Morgan fingerprint density at radius 2 is 2.06 bits per heavy atom. The van der Waals surface area contributed by atoms with Crippen LogP contribution >= 0.6 is 11.8 Å². The Kier molecular flexibility index (Phi) is 5.58. The molecule has 0 saturated heterocycles. The first-order chi connectivity index (χ1) is 8.79. The van der Waals surface area contributed by atoms with Gasteiger partial charge in [-0.2, -0.15) is 11.8 Å². The van der Waals surface area contributed by atoms with Crippen LogP contribution in [0.25, 0.3) is 0 Å². The molecule has 1 N–H and O–H groups in total. The molecule has 2 heteroatoms. The van der Waals surface area contributed by atoms with E-state index in [0.717, 1.165) is 11.2 Å². The molecule has 0 aliphatic heterocycles. The maximum absolute atomic E-state index is 3.45. The molecule has 1 nitrogen and oxygen atoms in total. The summed E-state index contributed by atoms with van der Waals surface area (Å²) in [4.78, 5) is 0. The van der Waals surface area contributed by atoms with Crippen molar-refractivity contribution in [3.8, 4) is 0 Å². The molecular formula is C16H25NS. The fraction of sp³-hybridized carbons (Fsp3) is 0.625. The summed E-state index contributed by atoms with van der Waals surface area (Å²) < 4.78 is 0. The van der Waals surface area contributed by atoms with Crippen LogP contribution in [0.3, 0.4) is 0 Å². The van der Waals surface area contributed by atoms with E-state index in [1.165, 1.54) is 37.0 Å². The second-order valence-electron chi connectivity index (χ2n) is 5.48. The van der Waals surface area contributed by atoms with Crippen LogP contribution in [0.2, 0.25) is 0 Å². The van der Waals surface area contributed by atoms with Crippen LogP contribution in [-0.2, 0) is 0 Å². The summed E-state index contributed by atoms with van der Waals surface area (Å²) in [6, 6.07) is 11.3. The average molecular weight is 263 g/mol. The minimum Gasteiger partial charge on any atom is -0.312 e. The van der Waals surface area contributed by atoms with E-state index in [2.05, 4.69) is 61.4 Å². The summed E-state index contributed by atoms with van der Waals surface area (Å²) >= 11 is 2.17. The molecule has 0 aromatic heterocycles. The molecular weight excluding hydrogens is 238 g/mol. The van der Waals surface area contributed by atoms with Crippen LogP contribution < -0.4 is 5.32 Å². The Balaban J connectivity index is 1.84. The highest BCUT2D eigenvalue weighted by Gasteiger charge is 2.20. The largest absolute Gasteiger partial charge is 0.312 e. The van der Waals surface area contributed by atoms with Gasteiger partial charge in [-0.25, -0.2) is 0 Å². The molecule has 1 aliphatic carbocycles. The number of nitrogens with one attached hydrogen (secondary N) is 1. The summed E-state index contributed by atoms with van der Waals surface area (Å²) in [6.07, 6.45) is 5.69. The Morgan fingerprint density at radius 3 is 2.72 bits per heavy atom. The third-order valence-electron chi connectivity index (χ3n) is 3.94. The summed E-state index contributed by atoms with van der Waals surface area (Å²) in [6.45, 7) is 2.40. The van der Waals surface area contributed by atoms with Crippen molar-refractivity contribution in [1.29, 1.82) is 0 Å². The van der Waals surface area contributed by atoms with Gasteiger partial charge in [0.1, 0.15) is 0 Å². The summed E-state index contributed by atoms with van der Waals surface area (Å²) in [5.74, 6) is 2.12. The second kappa shape index (κ2) is 7.20. The number of hydrogen-bond acceptors (Lipinski definition) is 2. The molecule has 0 radical (unpaired) electrons. The molecule has 0 heterocycles. The number of thioether (sulfide) groups is 1. The zero-order chi connectivity index (χ0) is 12.8. The molecule has 1 aromatic carbocycles. The molecule has 1 fully saturated rings. The molecule has 1 saturated carbocycles. The Hall–Kier alpha value is -0.470. The van der Waals surface area contributed by atoms with Gasteiger partial charge >= 0.3 is 0 Å². The molecule has 3 atom stereocenters. The van der Waals surface area contributed by atoms with Gasteiger partial charge in [0.05, 0.1) is 0 Å². The minimum absolute atomic E-state index is 0.494. The SMILES string of the molecule is CNC(CSC1CCCC(C)C1)c1ccccc1. The highest BCUT2D eigenvalue weighted by molar-refractivity contribution is 7.99. The molecule has 0 amide bonds. The van der Waals surface area contributed by atoms with Gasteiger partial charge in [-0.3, -0.25) is 0 Å². The molecule has 100 valence electrons. The predicted octanol–water partition coefficient (Wildman–Crippen LogP) is 4.26. The van der Waals surface area contributed by atoms with Crippen molar-refractivity contribution in [2.24, 2.45) is 5.92 Å². The maximum Gasteiger partial charge on any atom is 0.0409 e. The lowest BCUT2D eigenvalue weighted by atomic mass is 9.91. The summed E-state index contributed by atoms with van der Waals surface area (Å²) in [5.41, 5.74) is 1.41. The number of hydrogen-bond donors (Lipinski definition) is 1. The van der Waals surface area contributed by atoms with Gasteiger partial charge in [-0.05, 0) is 31.4 Å². The summed E-state index contributed by atoms with van der Waals surface area (Å²) in [7, 11) is 2.07. The highest BCUT2D eigenvalue weighted by atomic mass is 32.2. The van der Waals surface area contributed by atoms with Gasteiger partial charge < -0.3 is 5.32 Å². The quantitative estimate of drug-likeness (QED) is 0.852. The smallest absolute Gasteiger partial charge is 0.0409 e. The van der Waals surface area contributed by atoms with E-state index >= 15 is 0 Å². The van der Waals surface area contributed by atoms with E-state index in [9.17, 15) is 0 Å². The normalized spacial score (nSPS) is 25.9. The van der Waals surface area contributed by atoms with Gasteiger partial charge in [0, 0.05) is 17.0 Å². The van der Waals surface area contributed by atoms with E-state index in [1.807, 2.05) is 0 Å². The van der Waals surface area contributed by atoms with E-state index in [1.54, 1.807) is 0 Å². The third-order valence-corrected chi connectivity index (χ3v) is 5.36. The van der Waals surface area contributed by atoms with Crippen LogP contribution in [0.1, 0.15) is 44.2 Å². The fourth-order valence-corrected chi connectivity index (χ4v) is 4.42. The molecule has 1 aromatic rings. The van der Waals surface area contributed by atoms with E-state index in [4.69, 9.17) is 0 Å². The number of benzene rings is 1. The zero-order valence-electron chi connectivity index (χ0n) is 11.6. The van der Waals surface area contributed by atoms with Crippen molar-refractivity contribution in [3.05, 3.63) is 35.9 Å². The van der Waals surface area contributed by atoms with E-state index in [-0.39, 0.29) is 0 Å². The minimum atomic E-state index is 0.494. The lowest BCUT2D eigenvalue weighted by Crippen LogP contribution is -2.22. The third kappa shape index (κ3) is 4.03. The van der Waals surface area contributed by atoms with Crippen molar-refractivity contribution >= 4 is 11.8 Å². The van der Waals surface area contributed by atoms with E-state index in [0.29, 0.717) is 6.04 Å². The maximum atomic E-state index is 3.45. The van der Waals surface area contributed by atoms with E-state index < -0.39 is 0 Å². The first kappa shape index (κ1) is 14.0. The van der Waals surface area contributed by atoms with Gasteiger partial charge in [0.25, 0.3) is 0 Å². The van der Waals surface area contributed by atoms with Gasteiger partial charge in [-0.1, -0.05) is 50.1 Å². The van der Waals surface area contributed by atoms with Gasteiger partial charge in [0.15, 0.2) is 0 Å². The fourth-order valence-electron chi connectivity index (χ4n) is 2.79. The Morgan fingerprint density at radius 1 is 1.28 bits per heavy atom. The van der Waals surface area contributed by atoms with Crippen molar-refractivity contribution < 1.29 is 0 Å². The van der Waals surface area contributed by atoms with Crippen LogP contribution in [0.4, 0.5) is 0 Å². The Bertz CT molecular complexity index is 338. The lowest BCUT2D eigenvalue weighted by molar-refractivity contribution is 0.394. The highest BCUT2D eigenvalue weighted by Crippen LogP contribution is 2.33. The van der Waals surface area contributed by atoms with Crippen molar-refractivity contribution in [2.45, 2.75) is 43.9 Å². The van der Waals surface area contributed by atoms with Gasteiger partial charge in [-0.15, -0.1) is 0 Å². The molecule has 3 unspecified atom stereocenters. The number of rotatable bonds is 5. The van der Waals surface area contributed by atoms with Crippen LogP contribution in [0, 0.1) is 5.92 Å². The Labute approximate surface area is 116 Å². The molecule has 1 aliphatic rings. The lowest BCUT2D eigenvalue weighted by Gasteiger charge is -2.27. The zero-order valence-corrected chi connectivity index (χ0v) is 12.4. The molecule has 2 rings (SSSR count). The van der Waals surface area contributed by atoms with Gasteiger partial charge in [0.2, 0.25) is 0 Å². The molecule has 0 spiro atoms. The summed E-state index contributed by atoms with van der Waals surface area (Å²) in [5, 5.41) is 4.33. The standard InChI is InChI=1S/C16H25NS/c1-13-7-6-10-15(11-13)18-12-16(17-2)14-8-4-3-5-9-14/h3-5,8-9,13,15-17H,6-7,10-12H2,1-2H3. The van der Waals surface area contributed by atoms with Crippen molar-refractivity contribution in [2.75, 3.05) is 12.8 Å². The van der Waals surface area contributed by atoms with Crippen LogP contribution in [-0.4, -0.2) is 18.1 Å². The molecule has 0 bridgehead atoms. The topological polar surface area (TPSA) is 12.0 Å². The van der Waals surface area contributed by atoms with Crippen LogP contribution in [0.15, 0.2) is 30.3 Å². The first-order valence-corrected chi connectivity index (χ1v) is 8.18. The van der Waals surface area contributed by atoms with Crippen molar-refractivity contribution in [3.63, 3.8) is 0 Å². The van der Waals surface area contributed by atoms with Crippen molar-refractivity contribution in [1.82, 2.24) is 5.32 Å².